The van der Waals surface area contributed by atoms with Crippen LogP contribution in [0.1, 0.15) is 50.3 Å². The first-order valence-corrected chi connectivity index (χ1v) is 9.31. The van der Waals surface area contributed by atoms with Gasteiger partial charge in [0.05, 0.1) is 16.7 Å². The third-order valence-corrected chi connectivity index (χ3v) is 5.88. The average Bonchev–Trinajstić information content (AvgIpc) is 2.64. The van der Waals surface area contributed by atoms with Gasteiger partial charge in [0.1, 0.15) is 0 Å². The van der Waals surface area contributed by atoms with Crippen LogP contribution in [0.3, 0.4) is 0 Å². The lowest BCUT2D eigenvalue weighted by Gasteiger charge is -2.34. The van der Waals surface area contributed by atoms with Crippen LogP contribution in [0.15, 0.2) is 54.7 Å². The third-order valence-electron chi connectivity index (χ3n) is 5.88. The van der Waals surface area contributed by atoms with Gasteiger partial charge in [-0.25, -0.2) is 4.98 Å². The summed E-state index contributed by atoms with van der Waals surface area (Å²) in [5.74, 6) is 0.477. The minimum absolute atomic E-state index is 0.101. The lowest BCUT2D eigenvalue weighted by atomic mass is 9.70. The van der Waals surface area contributed by atoms with Gasteiger partial charge >= 0.3 is 0 Å². The van der Waals surface area contributed by atoms with Gasteiger partial charge in [0.2, 0.25) is 0 Å². The summed E-state index contributed by atoms with van der Waals surface area (Å²) < 4.78 is 0. The molecule has 0 atom stereocenters. The number of hydrogen-bond donors (Lipinski definition) is 0. The molecule has 2 nitrogen and oxygen atoms in total. The number of pyridine rings is 2. The maximum absolute atomic E-state index is 5.15. The minimum atomic E-state index is -0.101. The molecule has 0 radical (unpaired) electrons. The quantitative estimate of drug-likeness (QED) is 0.412. The lowest BCUT2D eigenvalue weighted by Crippen LogP contribution is -2.24. The number of benzene rings is 2. The smallest absolute Gasteiger partial charge is 0.0758 e. The molecule has 0 unspecified atom stereocenters. The SMILES string of the molecule is CC(C)c1cccc2nc3c(cc12)C(C)(C)c1cccc2nccc-3c12. The average molecular weight is 338 g/mol. The summed E-state index contributed by atoms with van der Waals surface area (Å²) in [5.41, 5.74) is 8.36. The van der Waals surface area contributed by atoms with E-state index in [1.165, 1.54) is 33.0 Å². The zero-order valence-electron chi connectivity index (χ0n) is 15.7. The summed E-state index contributed by atoms with van der Waals surface area (Å²) in [6.45, 7) is 9.12. The Morgan fingerprint density at radius 2 is 1.65 bits per heavy atom. The van der Waals surface area contributed by atoms with E-state index in [0.29, 0.717) is 5.92 Å². The molecular formula is C24H22N2. The topological polar surface area (TPSA) is 25.8 Å². The molecule has 0 bridgehead atoms. The molecule has 0 spiro atoms. The molecule has 2 aromatic heterocycles. The molecule has 0 amide bonds. The molecule has 2 heterocycles. The highest BCUT2D eigenvalue weighted by Crippen LogP contribution is 2.48. The van der Waals surface area contributed by atoms with Crippen molar-refractivity contribution >= 4 is 21.8 Å². The van der Waals surface area contributed by atoms with Crippen molar-refractivity contribution in [3.8, 4) is 11.3 Å². The van der Waals surface area contributed by atoms with Crippen molar-refractivity contribution in [2.45, 2.75) is 39.0 Å². The van der Waals surface area contributed by atoms with Crippen LogP contribution in [0.25, 0.3) is 33.1 Å². The predicted octanol–water partition coefficient (Wildman–Crippen LogP) is 6.21. The Labute approximate surface area is 153 Å². The van der Waals surface area contributed by atoms with E-state index in [1.807, 2.05) is 6.20 Å². The normalized spacial score (nSPS) is 14.8. The molecule has 2 heteroatoms. The van der Waals surface area contributed by atoms with Gasteiger partial charge in [0, 0.05) is 27.9 Å². The van der Waals surface area contributed by atoms with Crippen LogP contribution in [0.4, 0.5) is 0 Å². The van der Waals surface area contributed by atoms with E-state index in [4.69, 9.17) is 4.98 Å². The highest BCUT2D eigenvalue weighted by molar-refractivity contribution is 6.02. The Bertz CT molecular complexity index is 1180. The fourth-order valence-corrected chi connectivity index (χ4v) is 4.47. The number of aromatic nitrogens is 2. The van der Waals surface area contributed by atoms with Crippen molar-refractivity contribution in [1.82, 2.24) is 9.97 Å². The molecule has 0 saturated heterocycles. The van der Waals surface area contributed by atoms with Gasteiger partial charge in [0.25, 0.3) is 0 Å². The molecule has 0 fully saturated rings. The number of nitrogens with zero attached hydrogens (tertiary/aromatic N) is 2. The van der Waals surface area contributed by atoms with Crippen molar-refractivity contribution in [1.29, 1.82) is 0 Å². The van der Waals surface area contributed by atoms with E-state index in [0.717, 1.165) is 16.7 Å². The van der Waals surface area contributed by atoms with Crippen molar-refractivity contribution in [2.75, 3.05) is 0 Å². The Morgan fingerprint density at radius 3 is 2.46 bits per heavy atom. The third kappa shape index (κ3) is 1.93. The Balaban J connectivity index is 1.97. The van der Waals surface area contributed by atoms with Crippen LogP contribution in [0.5, 0.6) is 0 Å². The highest BCUT2D eigenvalue weighted by atomic mass is 14.7. The van der Waals surface area contributed by atoms with E-state index >= 15 is 0 Å². The molecule has 0 N–H and O–H groups in total. The Hall–Kier alpha value is -2.74. The molecule has 1 aliphatic rings. The summed E-state index contributed by atoms with van der Waals surface area (Å²) in [6.07, 6.45) is 1.90. The van der Waals surface area contributed by atoms with Crippen LogP contribution >= 0.6 is 0 Å². The van der Waals surface area contributed by atoms with Crippen LogP contribution in [0.2, 0.25) is 0 Å². The van der Waals surface area contributed by atoms with Crippen LogP contribution < -0.4 is 0 Å². The van der Waals surface area contributed by atoms with Crippen molar-refractivity contribution in [3.63, 3.8) is 0 Å². The van der Waals surface area contributed by atoms with Gasteiger partial charge in [-0.05, 0) is 46.9 Å². The van der Waals surface area contributed by atoms with Gasteiger partial charge in [0.15, 0.2) is 0 Å². The van der Waals surface area contributed by atoms with Gasteiger partial charge < -0.3 is 0 Å². The first-order chi connectivity index (χ1) is 12.5. The maximum atomic E-state index is 5.15. The van der Waals surface area contributed by atoms with E-state index in [-0.39, 0.29) is 5.41 Å². The molecule has 0 saturated carbocycles. The summed E-state index contributed by atoms with van der Waals surface area (Å²) in [6, 6.07) is 17.5. The number of fused-ring (bicyclic) bond motifs is 3. The van der Waals surface area contributed by atoms with E-state index in [2.05, 4.69) is 81.2 Å². The van der Waals surface area contributed by atoms with E-state index < -0.39 is 0 Å². The van der Waals surface area contributed by atoms with Crippen LogP contribution in [0, 0.1) is 0 Å². The van der Waals surface area contributed by atoms with Gasteiger partial charge in [-0.3, -0.25) is 4.98 Å². The fourth-order valence-electron chi connectivity index (χ4n) is 4.47. The first-order valence-electron chi connectivity index (χ1n) is 9.31. The van der Waals surface area contributed by atoms with E-state index in [9.17, 15) is 0 Å². The molecule has 1 aliphatic carbocycles. The lowest BCUT2D eigenvalue weighted by molar-refractivity contribution is 0.643. The zero-order chi connectivity index (χ0) is 18.1. The summed E-state index contributed by atoms with van der Waals surface area (Å²) in [7, 11) is 0. The standard InChI is InChI=1S/C24H22N2/c1-14(2)15-7-5-9-20-17(15)13-19-23(26-20)16-11-12-25-21-10-6-8-18(22(16)21)24(19,3)4/h5-14H,1-4H3. The second-order valence-corrected chi connectivity index (χ2v) is 8.14. The molecule has 4 aromatic rings. The second kappa shape index (κ2) is 5.14. The molecule has 2 aromatic carbocycles. The molecule has 128 valence electrons. The molecular weight excluding hydrogens is 316 g/mol. The fraction of sp³-hybridized carbons (Fsp3) is 0.250. The second-order valence-electron chi connectivity index (χ2n) is 8.14. The number of hydrogen-bond acceptors (Lipinski definition) is 2. The van der Waals surface area contributed by atoms with Crippen molar-refractivity contribution in [3.05, 3.63) is 71.4 Å². The van der Waals surface area contributed by atoms with Gasteiger partial charge in [-0.1, -0.05) is 52.0 Å². The highest BCUT2D eigenvalue weighted by Gasteiger charge is 2.35. The van der Waals surface area contributed by atoms with Gasteiger partial charge in [-0.15, -0.1) is 0 Å². The monoisotopic (exact) mass is 338 g/mol. The van der Waals surface area contributed by atoms with Crippen LogP contribution in [-0.4, -0.2) is 9.97 Å². The predicted molar refractivity (Wildman–Crippen MR) is 109 cm³/mol. The Morgan fingerprint density at radius 1 is 0.885 bits per heavy atom. The summed E-state index contributed by atoms with van der Waals surface area (Å²) in [4.78, 5) is 9.75. The first kappa shape index (κ1) is 15.5. The summed E-state index contributed by atoms with van der Waals surface area (Å²) in [5, 5.41) is 2.53. The van der Waals surface area contributed by atoms with Gasteiger partial charge in [-0.2, -0.15) is 0 Å². The van der Waals surface area contributed by atoms with Crippen molar-refractivity contribution < 1.29 is 0 Å². The summed E-state index contributed by atoms with van der Waals surface area (Å²) >= 11 is 0. The molecule has 0 aliphatic heterocycles. The largest absolute Gasteiger partial charge is 0.256 e. The zero-order valence-corrected chi connectivity index (χ0v) is 15.7. The number of rotatable bonds is 1. The Kier molecular flexibility index (Phi) is 3.06. The molecule has 5 rings (SSSR count). The van der Waals surface area contributed by atoms with Crippen LogP contribution in [-0.2, 0) is 5.41 Å². The molecule has 26 heavy (non-hydrogen) atoms. The maximum Gasteiger partial charge on any atom is 0.0758 e. The minimum Gasteiger partial charge on any atom is -0.256 e. The van der Waals surface area contributed by atoms with Crippen molar-refractivity contribution in [2.24, 2.45) is 0 Å². The van der Waals surface area contributed by atoms with E-state index in [1.54, 1.807) is 0 Å².